The number of hydrogen-bond acceptors (Lipinski definition) is 2. The fourth-order valence-electron chi connectivity index (χ4n) is 2.05. The molecule has 1 aromatic carbocycles. The predicted molar refractivity (Wildman–Crippen MR) is 72.5 cm³/mol. The van der Waals surface area contributed by atoms with Crippen molar-refractivity contribution in [3.63, 3.8) is 0 Å². The third-order valence-electron chi connectivity index (χ3n) is 2.75. The summed E-state index contributed by atoms with van der Waals surface area (Å²) in [4.78, 5) is 11.5. The van der Waals surface area contributed by atoms with Crippen molar-refractivity contribution in [2.45, 2.75) is 20.8 Å². The smallest absolute Gasteiger partial charge is 0.273 e. The number of aryl methyl sites for hydroxylation is 3. The molecule has 0 aromatic heterocycles. The van der Waals surface area contributed by atoms with Crippen molar-refractivity contribution in [2.75, 3.05) is 0 Å². The van der Waals surface area contributed by atoms with Gasteiger partial charge in [0.15, 0.2) is 5.11 Å². The minimum Gasteiger partial charge on any atom is -0.328 e. The highest BCUT2D eigenvalue weighted by Gasteiger charge is 2.20. The molecule has 1 saturated heterocycles. The van der Waals surface area contributed by atoms with Crippen LogP contribution in [0.2, 0.25) is 0 Å². The molecule has 1 aromatic rings. The number of benzene rings is 1. The third-order valence-corrected chi connectivity index (χ3v) is 2.95. The summed E-state index contributed by atoms with van der Waals surface area (Å²) < 4.78 is 0. The second kappa shape index (κ2) is 4.30. The molecule has 0 unspecified atom stereocenters. The lowest BCUT2D eigenvalue weighted by molar-refractivity contribution is -0.115. The Hall–Kier alpha value is -1.68. The third kappa shape index (κ3) is 2.36. The summed E-state index contributed by atoms with van der Waals surface area (Å²) in [6.45, 7) is 6.14. The van der Waals surface area contributed by atoms with Crippen LogP contribution in [0.4, 0.5) is 0 Å². The molecule has 0 aliphatic carbocycles. The molecule has 0 radical (unpaired) electrons. The molecule has 4 heteroatoms. The van der Waals surface area contributed by atoms with E-state index in [9.17, 15) is 4.79 Å². The number of carbonyl (C=O) groups is 1. The normalized spacial score (nSPS) is 17.2. The van der Waals surface area contributed by atoms with E-state index in [1.54, 1.807) is 0 Å². The summed E-state index contributed by atoms with van der Waals surface area (Å²) in [7, 11) is 0. The van der Waals surface area contributed by atoms with Gasteiger partial charge in [-0.05, 0) is 55.8 Å². The van der Waals surface area contributed by atoms with Gasteiger partial charge in [0.2, 0.25) is 0 Å². The Kier molecular flexibility index (Phi) is 2.98. The van der Waals surface area contributed by atoms with Crippen LogP contribution < -0.4 is 10.6 Å². The van der Waals surface area contributed by atoms with Crippen LogP contribution in [0.5, 0.6) is 0 Å². The molecule has 17 heavy (non-hydrogen) atoms. The standard InChI is InChI=1S/C13H14N2OS/c1-7-4-8(2)10(9(3)5-7)6-11-12(16)15-13(17)14-11/h4-6H,1-3H3,(H2,14,15,16,17)/b11-6-. The van der Waals surface area contributed by atoms with Gasteiger partial charge in [0.1, 0.15) is 5.70 Å². The fourth-order valence-corrected chi connectivity index (χ4v) is 2.25. The van der Waals surface area contributed by atoms with Crippen LogP contribution in [-0.4, -0.2) is 11.0 Å². The average molecular weight is 246 g/mol. The molecule has 2 N–H and O–H groups in total. The van der Waals surface area contributed by atoms with E-state index < -0.39 is 0 Å². The molecule has 1 amide bonds. The van der Waals surface area contributed by atoms with Gasteiger partial charge in [0, 0.05) is 0 Å². The molecule has 0 bridgehead atoms. The van der Waals surface area contributed by atoms with Crippen molar-refractivity contribution in [1.29, 1.82) is 0 Å². The SMILES string of the molecule is Cc1cc(C)c(/C=C2\NC(=S)NC2=O)c(C)c1. The Balaban J connectivity index is 2.46. The first-order valence-electron chi connectivity index (χ1n) is 5.39. The summed E-state index contributed by atoms with van der Waals surface area (Å²) in [5.74, 6) is -0.172. The summed E-state index contributed by atoms with van der Waals surface area (Å²) in [5, 5.41) is 5.77. The molecule has 1 heterocycles. The largest absolute Gasteiger partial charge is 0.328 e. The lowest BCUT2D eigenvalue weighted by Gasteiger charge is -2.07. The molecule has 88 valence electrons. The van der Waals surface area contributed by atoms with Crippen LogP contribution in [0.3, 0.4) is 0 Å². The van der Waals surface area contributed by atoms with Gasteiger partial charge in [-0.15, -0.1) is 0 Å². The number of amides is 1. The second-order valence-electron chi connectivity index (χ2n) is 4.28. The summed E-state index contributed by atoms with van der Waals surface area (Å²) in [6, 6.07) is 4.20. The number of hydrogen-bond donors (Lipinski definition) is 2. The zero-order valence-corrected chi connectivity index (χ0v) is 10.9. The Bertz CT molecular complexity index is 523. The quantitative estimate of drug-likeness (QED) is 0.588. The van der Waals surface area contributed by atoms with Crippen LogP contribution >= 0.6 is 12.2 Å². The summed E-state index contributed by atoms with van der Waals surface area (Å²) in [5.41, 5.74) is 5.11. The van der Waals surface area contributed by atoms with Gasteiger partial charge < -0.3 is 5.32 Å². The lowest BCUT2D eigenvalue weighted by atomic mass is 9.99. The van der Waals surface area contributed by atoms with Gasteiger partial charge in [-0.25, -0.2) is 0 Å². The predicted octanol–water partition coefficient (Wildman–Crippen LogP) is 1.96. The van der Waals surface area contributed by atoms with Crippen molar-refractivity contribution in [3.05, 3.63) is 40.1 Å². The van der Waals surface area contributed by atoms with E-state index in [0.29, 0.717) is 10.8 Å². The zero-order chi connectivity index (χ0) is 12.6. The fraction of sp³-hybridized carbons (Fsp3) is 0.231. The van der Waals surface area contributed by atoms with Crippen molar-refractivity contribution < 1.29 is 4.79 Å². The lowest BCUT2D eigenvalue weighted by Crippen LogP contribution is -2.21. The first kappa shape index (κ1) is 11.8. The summed E-state index contributed by atoms with van der Waals surface area (Å²) in [6.07, 6.45) is 1.85. The van der Waals surface area contributed by atoms with Gasteiger partial charge >= 0.3 is 0 Å². The average Bonchev–Trinajstić information content (AvgIpc) is 2.51. The van der Waals surface area contributed by atoms with Gasteiger partial charge in [0.05, 0.1) is 0 Å². The van der Waals surface area contributed by atoms with Crippen molar-refractivity contribution in [2.24, 2.45) is 0 Å². The van der Waals surface area contributed by atoms with Crippen LogP contribution in [0.25, 0.3) is 6.08 Å². The maximum atomic E-state index is 11.5. The number of nitrogens with one attached hydrogen (secondary N) is 2. The highest BCUT2D eigenvalue weighted by molar-refractivity contribution is 7.80. The van der Waals surface area contributed by atoms with E-state index in [4.69, 9.17) is 12.2 Å². The Labute approximate surface area is 106 Å². The van der Waals surface area contributed by atoms with E-state index >= 15 is 0 Å². The second-order valence-corrected chi connectivity index (χ2v) is 4.69. The van der Waals surface area contributed by atoms with E-state index in [2.05, 4.69) is 29.7 Å². The first-order chi connectivity index (χ1) is 7.97. The van der Waals surface area contributed by atoms with Gasteiger partial charge in [-0.2, -0.15) is 0 Å². The number of carbonyl (C=O) groups excluding carboxylic acids is 1. The monoisotopic (exact) mass is 246 g/mol. The molecule has 0 saturated carbocycles. The van der Waals surface area contributed by atoms with Crippen LogP contribution in [0, 0.1) is 20.8 Å². The molecule has 0 atom stereocenters. The van der Waals surface area contributed by atoms with Crippen LogP contribution in [-0.2, 0) is 4.79 Å². The summed E-state index contributed by atoms with van der Waals surface area (Å²) >= 11 is 4.89. The molecule has 2 rings (SSSR count). The van der Waals surface area contributed by atoms with Crippen LogP contribution in [0.15, 0.2) is 17.8 Å². The number of thiocarbonyl (C=S) groups is 1. The molecule has 1 aliphatic rings. The molecule has 0 spiro atoms. The first-order valence-corrected chi connectivity index (χ1v) is 5.80. The molecule has 3 nitrogen and oxygen atoms in total. The maximum Gasteiger partial charge on any atom is 0.273 e. The molecular weight excluding hydrogens is 232 g/mol. The van der Waals surface area contributed by atoms with Crippen molar-refractivity contribution >= 4 is 29.3 Å². The van der Waals surface area contributed by atoms with E-state index in [1.807, 2.05) is 19.9 Å². The Morgan fingerprint density at radius 1 is 1.12 bits per heavy atom. The maximum absolute atomic E-state index is 11.5. The minimum atomic E-state index is -0.172. The highest BCUT2D eigenvalue weighted by atomic mass is 32.1. The van der Waals surface area contributed by atoms with E-state index in [0.717, 1.165) is 16.7 Å². The highest BCUT2D eigenvalue weighted by Crippen LogP contribution is 2.19. The van der Waals surface area contributed by atoms with Gasteiger partial charge in [0.25, 0.3) is 5.91 Å². The topological polar surface area (TPSA) is 41.1 Å². The zero-order valence-electron chi connectivity index (χ0n) is 10.0. The van der Waals surface area contributed by atoms with Crippen molar-refractivity contribution in [3.8, 4) is 0 Å². The molecule has 1 aliphatic heterocycles. The van der Waals surface area contributed by atoms with Crippen molar-refractivity contribution in [1.82, 2.24) is 10.6 Å². The van der Waals surface area contributed by atoms with Gasteiger partial charge in [-0.3, -0.25) is 10.1 Å². The van der Waals surface area contributed by atoms with Gasteiger partial charge in [-0.1, -0.05) is 17.7 Å². The Morgan fingerprint density at radius 3 is 2.18 bits per heavy atom. The Morgan fingerprint density at radius 2 is 1.71 bits per heavy atom. The van der Waals surface area contributed by atoms with Crippen LogP contribution in [0.1, 0.15) is 22.3 Å². The number of rotatable bonds is 1. The minimum absolute atomic E-state index is 0.172. The van der Waals surface area contributed by atoms with E-state index in [1.165, 1.54) is 5.56 Å². The molecule has 1 fully saturated rings. The molecular formula is C13H14N2OS. The van der Waals surface area contributed by atoms with E-state index in [-0.39, 0.29) is 5.91 Å².